The molecule has 2 heterocycles. The van der Waals surface area contributed by atoms with E-state index in [-0.39, 0.29) is 6.04 Å². The van der Waals surface area contributed by atoms with Crippen LogP contribution in [0.2, 0.25) is 5.15 Å². The third kappa shape index (κ3) is 3.27. The molecule has 0 unspecified atom stereocenters. The Balaban J connectivity index is 2.24. The van der Waals surface area contributed by atoms with Crippen molar-refractivity contribution in [2.24, 2.45) is 0 Å². The molecule has 0 spiro atoms. The summed E-state index contributed by atoms with van der Waals surface area (Å²) in [4.78, 5) is 16.2. The van der Waals surface area contributed by atoms with E-state index >= 15 is 0 Å². The van der Waals surface area contributed by atoms with Crippen molar-refractivity contribution >= 4 is 11.6 Å². The molecule has 1 atom stereocenters. The Morgan fingerprint density at radius 1 is 1.75 bits per heavy atom. The van der Waals surface area contributed by atoms with Crippen LogP contribution in [-0.4, -0.2) is 27.4 Å². The molecule has 106 valence electrons. The number of hydrogen-bond donors (Lipinski definition) is 1. The number of aromatic nitrogens is 1. The van der Waals surface area contributed by atoms with Gasteiger partial charge in [0, 0.05) is 19.3 Å². The van der Waals surface area contributed by atoms with Crippen molar-refractivity contribution in [3.05, 3.63) is 63.3 Å². The highest BCUT2D eigenvalue weighted by atomic mass is 35.5. The van der Waals surface area contributed by atoms with Gasteiger partial charge in [-0.1, -0.05) is 29.8 Å². The fraction of sp³-hybridized carbons (Fsp3) is 0.308. The molecule has 20 heavy (non-hydrogen) atoms. The first-order valence-electron chi connectivity index (χ1n) is 6.09. The Morgan fingerprint density at radius 2 is 2.50 bits per heavy atom. The Morgan fingerprint density at radius 3 is 3.05 bits per heavy atom. The monoisotopic (exact) mass is 294 g/mol. The Kier molecular flexibility index (Phi) is 4.24. The lowest BCUT2D eigenvalue weighted by atomic mass is 10.1. The van der Waals surface area contributed by atoms with Gasteiger partial charge < -0.3 is 10.2 Å². The minimum Gasteiger partial charge on any atom is -0.364 e. The molecule has 0 aliphatic carbocycles. The largest absolute Gasteiger partial charge is 0.364 e. The third-order valence-electron chi connectivity index (χ3n) is 3.10. The Bertz CT molecular complexity index is 556. The highest BCUT2D eigenvalue weighted by molar-refractivity contribution is 6.29. The first kappa shape index (κ1) is 14.3. The van der Waals surface area contributed by atoms with Crippen molar-refractivity contribution in [2.75, 3.05) is 6.54 Å². The highest BCUT2D eigenvalue weighted by Crippen LogP contribution is 2.22. The van der Waals surface area contributed by atoms with E-state index < -0.39 is 4.92 Å². The zero-order valence-corrected chi connectivity index (χ0v) is 11.8. The SMILES string of the molecule is C=C(C)[C@@H]1CN/C(=C\[N+](=O)[O-])N1Cc1ccc(Cl)nc1. The summed E-state index contributed by atoms with van der Waals surface area (Å²) in [7, 11) is 0. The van der Waals surface area contributed by atoms with Crippen LogP contribution in [-0.2, 0) is 6.54 Å². The summed E-state index contributed by atoms with van der Waals surface area (Å²) in [5.41, 5.74) is 1.88. The summed E-state index contributed by atoms with van der Waals surface area (Å²) in [6, 6.07) is 3.58. The first-order chi connectivity index (χ1) is 9.47. The molecule has 1 fully saturated rings. The normalized spacial score (nSPS) is 20.0. The van der Waals surface area contributed by atoms with Crippen molar-refractivity contribution in [2.45, 2.75) is 19.5 Å². The molecule has 1 aromatic rings. The second kappa shape index (κ2) is 5.92. The second-order valence-electron chi connectivity index (χ2n) is 4.66. The Hall–Kier alpha value is -2.08. The van der Waals surface area contributed by atoms with Crippen LogP contribution in [0.5, 0.6) is 0 Å². The number of nitrogens with zero attached hydrogens (tertiary/aromatic N) is 3. The third-order valence-corrected chi connectivity index (χ3v) is 3.32. The van der Waals surface area contributed by atoms with E-state index in [9.17, 15) is 10.1 Å². The van der Waals surface area contributed by atoms with Gasteiger partial charge in [-0.05, 0) is 18.6 Å². The van der Waals surface area contributed by atoms with Crippen LogP contribution in [0.25, 0.3) is 0 Å². The van der Waals surface area contributed by atoms with Gasteiger partial charge in [0.1, 0.15) is 5.15 Å². The average molecular weight is 295 g/mol. The summed E-state index contributed by atoms with van der Waals surface area (Å²) in [6.07, 6.45) is 2.65. The second-order valence-corrected chi connectivity index (χ2v) is 5.05. The first-order valence-corrected chi connectivity index (χ1v) is 6.47. The van der Waals surface area contributed by atoms with Gasteiger partial charge in [0.2, 0.25) is 0 Å². The number of rotatable bonds is 4. The van der Waals surface area contributed by atoms with Crippen LogP contribution in [0.4, 0.5) is 0 Å². The van der Waals surface area contributed by atoms with Crippen LogP contribution < -0.4 is 5.32 Å². The molecule has 0 radical (unpaired) electrons. The lowest BCUT2D eigenvalue weighted by Crippen LogP contribution is -2.30. The van der Waals surface area contributed by atoms with Crippen LogP contribution in [0, 0.1) is 10.1 Å². The van der Waals surface area contributed by atoms with E-state index in [1.165, 1.54) is 0 Å². The van der Waals surface area contributed by atoms with E-state index in [4.69, 9.17) is 11.6 Å². The topological polar surface area (TPSA) is 71.3 Å². The van der Waals surface area contributed by atoms with Crippen LogP contribution in [0.15, 0.2) is 42.5 Å². The predicted octanol–water partition coefficient (Wildman–Crippen LogP) is 2.16. The van der Waals surface area contributed by atoms with E-state index in [1.54, 1.807) is 12.3 Å². The molecule has 1 aliphatic rings. The zero-order chi connectivity index (χ0) is 14.7. The van der Waals surface area contributed by atoms with Crippen molar-refractivity contribution in [1.29, 1.82) is 0 Å². The van der Waals surface area contributed by atoms with Gasteiger partial charge in [0.25, 0.3) is 6.20 Å². The maximum atomic E-state index is 10.7. The molecule has 0 amide bonds. The zero-order valence-electron chi connectivity index (χ0n) is 11.0. The van der Waals surface area contributed by atoms with Crippen molar-refractivity contribution in [1.82, 2.24) is 15.2 Å². The molecule has 1 N–H and O–H groups in total. The van der Waals surface area contributed by atoms with Gasteiger partial charge >= 0.3 is 0 Å². The van der Waals surface area contributed by atoms with Crippen LogP contribution >= 0.6 is 11.6 Å². The maximum Gasteiger partial charge on any atom is 0.274 e. The molecule has 7 heteroatoms. The summed E-state index contributed by atoms with van der Waals surface area (Å²) in [6.45, 7) is 6.97. The van der Waals surface area contributed by atoms with Gasteiger partial charge in [-0.25, -0.2) is 4.98 Å². The van der Waals surface area contributed by atoms with Crippen molar-refractivity contribution < 1.29 is 4.92 Å². The fourth-order valence-electron chi connectivity index (χ4n) is 2.13. The minimum atomic E-state index is -0.462. The molecular formula is C13H15ClN4O2. The molecule has 2 rings (SSSR count). The van der Waals surface area contributed by atoms with Crippen LogP contribution in [0.1, 0.15) is 12.5 Å². The molecule has 1 aliphatic heterocycles. The van der Waals surface area contributed by atoms with E-state index in [0.717, 1.165) is 17.3 Å². The molecular weight excluding hydrogens is 280 g/mol. The summed E-state index contributed by atoms with van der Waals surface area (Å²) < 4.78 is 0. The highest BCUT2D eigenvalue weighted by Gasteiger charge is 2.30. The van der Waals surface area contributed by atoms with Gasteiger partial charge in [0.15, 0.2) is 5.82 Å². The summed E-state index contributed by atoms with van der Waals surface area (Å²) in [5.74, 6) is 0.484. The van der Waals surface area contributed by atoms with Gasteiger partial charge in [-0.2, -0.15) is 0 Å². The molecule has 6 nitrogen and oxygen atoms in total. The van der Waals surface area contributed by atoms with Crippen molar-refractivity contribution in [3.63, 3.8) is 0 Å². The molecule has 0 bridgehead atoms. The number of hydrogen-bond acceptors (Lipinski definition) is 5. The maximum absolute atomic E-state index is 10.7. The number of pyridine rings is 1. The lowest BCUT2D eigenvalue weighted by Gasteiger charge is -2.25. The number of nitro groups is 1. The van der Waals surface area contributed by atoms with Gasteiger partial charge in [-0.3, -0.25) is 10.1 Å². The van der Waals surface area contributed by atoms with Crippen molar-refractivity contribution in [3.8, 4) is 0 Å². The molecule has 1 saturated heterocycles. The van der Waals surface area contributed by atoms with E-state index in [1.807, 2.05) is 17.9 Å². The predicted molar refractivity (Wildman–Crippen MR) is 76.5 cm³/mol. The summed E-state index contributed by atoms with van der Waals surface area (Å²) in [5, 5.41) is 14.1. The average Bonchev–Trinajstić information content (AvgIpc) is 2.74. The smallest absolute Gasteiger partial charge is 0.274 e. The minimum absolute atomic E-state index is 0.0249. The fourth-order valence-corrected chi connectivity index (χ4v) is 2.24. The van der Waals surface area contributed by atoms with Gasteiger partial charge in [0.05, 0.1) is 11.0 Å². The number of nitrogens with one attached hydrogen (secondary N) is 1. The molecule has 1 aromatic heterocycles. The summed E-state index contributed by atoms with van der Waals surface area (Å²) >= 11 is 5.75. The molecule has 0 aromatic carbocycles. The molecule has 0 saturated carbocycles. The quantitative estimate of drug-likeness (QED) is 0.399. The van der Waals surface area contributed by atoms with Crippen LogP contribution in [0.3, 0.4) is 0 Å². The lowest BCUT2D eigenvalue weighted by molar-refractivity contribution is -0.404. The van der Waals surface area contributed by atoms with E-state index in [2.05, 4.69) is 16.9 Å². The van der Waals surface area contributed by atoms with E-state index in [0.29, 0.717) is 24.1 Å². The standard InChI is InChI=1S/C13H15ClN4O2/c1-9(2)11-6-16-13(8-18(19)20)17(11)7-10-3-4-12(14)15-5-10/h3-5,8,11,16H,1,6-7H2,2H3/b13-8+/t11-/m0/s1. The van der Waals surface area contributed by atoms with Gasteiger partial charge in [-0.15, -0.1) is 0 Å². The number of halogens is 1. The Labute approximate surface area is 121 Å².